The van der Waals surface area contributed by atoms with Gasteiger partial charge in [0.1, 0.15) is 17.8 Å². The van der Waals surface area contributed by atoms with Crippen LogP contribution in [0.3, 0.4) is 0 Å². The first kappa shape index (κ1) is 16.4. The summed E-state index contributed by atoms with van der Waals surface area (Å²) >= 11 is 0. The van der Waals surface area contributed by atoms with Gasteiger partial charge in [-0.2, -0.15) is 0 Å². The Kier molecular flexibility index (Phi) is 4.00. The Bertz CT molecular complexity index is 1200. The summed E-state index contributed by atoms with van der Waals surface area (Å²) in [4.78, 5) is 8.38. The summed E-state index contributed by atoms with van der Waals surface area (Å²) < 4.78 is 43.9. The summed E-state index contributed by atoms with van der Waals surface area (Å²) in [6, 6.07) is 16.2. The van der Waals surface area contributed by atoms with Crippen molar-refractivity contribution in [2.75, 3.05) is 0 Å². The number of hydrogen-bond acceptors (Lipinski definition) is 5. The van der Waals surface area contributed by atoms with Crippen molar-refractivity contribution in [3.8, 4) is 11.5 Å². The van der Waals surface area contributed by atoms with Crippen LogP contribution in [0.15, 0.2) is 76.4 Å². The molecule has 0 spiro atoms. The standard InChI is InChI=1S/C19H13FN2O3S/c20-15-6-3-5-14(10-15)19-21-16(11-25-19)12-26(23,24)18-9-8-13-4-1-2-7-17(13)22-18/h1-11H,12H2. The molecule has 5 nitrogen and oxygen atoms in total. The number of benzene rings is 2. The van der Waals surface area contributed by atoms with Gasteiger partial charge in [-0.3, -0.25) is 0 Å². The summed E-state index contributed by atoms with van der Waals surface area (Å²) in [5.41, 5.74) is 1.28. The summed E-state index contributed by atoms with van der Waals surface area (Å²) in [7, 11) is -3.69. The fourth-order valence-electron chi connectivity index (χ4n) is 2.62. The molecule has 4 rings (SSSR count). The number of aromatic nitrogens is 2. The highest BCUT2D eigenvalue weighted by molar-refractivity contribution is 7.90. The zero-order valence-electron chi connectivity index (χ0n) is 13.5. The van der Waals surface area contributed by atoms with Gasteiger partial charge in [0.15, 0.2) is 5.03 Å². The fraction of sp³-hybridized carbons (Fsp3) is 0.0526. The molecule has 2 aromatic carbocycles. The number of nitrogens with zero attached hydrogens (tertiary/aromatic N) is 2. The number of fused-ring (bicyclic) bond motifs is 1. The van der Waals surface area contributed by atoms with E-state index in [0.29, 0.717) is 11.1 Å². The van der Waals surface area contributed by atoms with Crippen LogP contribution in [-0.2, 0) is 15.6 Å². The molecule has 0 atom stereocenters. The van der Waals surface area contributed by atoms with Crippen LogP contribution in [0.2, 0.25) is 0 Å². The topological polar surface area (TPSA) is 73.1 Å². The lowest BCUT2D eigenvalue weighted by atomic mass is 10.2. The van der Waals surface area contributed by atoms with Gasteiger partial charge in [0.2, 0.25) is 15.7 Å². The molecule has 2 aromatic heterocycles. The third-order valence-electron chi connectivity index (χ3n) is 3.85. The van der Waals surface area contributed by atoms with Gasteiger partial charge in [-0.1, -0.05) is 24.3 Å². The number of para-hydroxylation sites is 1. The predicted octanol–water partition coefficient (Wildman–Crippen LogP) is 4.00. The molecule has 0 aliphatic carbocycles. The fourth-order valence-corrected chi connectivity index (χ4v) is 3.80. The Balaban J connectivity index is 1.63. The van der Waals surface area contributed by atoms with Crippen molar-refractivity contribution in [3.63, 3.8) is 0 Å². The molecule has 0 fully saturated rings. The highest BCUT2D eigenvalue weighted by Crippen LogP contribution is 2.22. The van der Waals surface area contributed by atoms with Crippen molar-refractivity contribution in [1.29, 1.82) is 0 Å². The van der Waals surface area contributed by atoms with Crippen LogP contribution in [-0.4, -0.2) is 18.4 Å². The zero-order valence-corrected chi connectivity index (χ0v) is 14.3. The maximum atomic E-state index is 13.3. The smallest absolute Gasteiger partial charge is 0.226 e. The summed E-state index contributed by atoms with van der Waals surface area (Å²) in [6.07, 6.45) is 1.26. The molecule has 4 aromatic rings. The lowest BCUT2D eigenvalue weighted by molar-refractivity contribution is 0.570. The lowest BCUT2D eigenvalue weighted by Gasteiger charge is -2.03. The van der Waals surface area contributed by atoms with Crippen molar-refractivity contribution in [1.82, 2.24) is 9.97 Å². The second-order valence-corrected chi connectivity index (χ2v) is 7.69. The van der Waals surface area contributed by atoms with Crippen LogP contribution >= 0.6 is 0 Å². The molecule has 0 aliphatic heterocycles. The van der Waals surface area contributed by atoms with E-state index in [9.17, 15) is 12.8 Å². The predicted molar refractivity (Wildman–Crippen MR) is 94.5 cm³/mol. The van der Waals surface area contributed by atoms with E-state index >= 15 is 0 Å². The number of hydrogen-bond donors (Lipinski definition) is 0. The lowest BCUT2D eigenvalue weighted by Crippen LogP contribution is -2.07. The second kappa shape index (κ2) is 6.34. The van der Waals surface area contributed by atoms with E-state index in [1.165, 1.54) is 30.5 Å². The average Bonchev–Trinajstić information content (AvgIpc) is 3.09. The SMILES string of the molecule is O=S(=O)(Cc1coc(-c2cccc(F)c2)n1)c1ccc2ccccc2n1. The van der Waals surface area contributed by atoms with E-state index in [2.05, 4.69) is 9.97 Å². The van der Waals surface area contributed by atoms with Crippen LogP contribution in [0.4, 0.5) is 4.39 Å². The highest BCUT2D eigenvalue weighted by atomic mass is 32.2. The largest absolute Gasteiger partial charge is 0.444 e. The first-order chi connectivity index (χ1) is 12.5. The van der Waals surface area contributed by atoms with E-state index in [1.54, 1.807) is 24.3 Å². The van der Waals surface area contributed by atoms with Crippen LogP contribution in [0.1, 0.15) is 5.69 Å². The first-order valence-electron chi connectivity index (χ1n) is 7.80. The van der Waals surface area contributed by atoms with E-state index in [1.807, 2.05) is 12.1 Å². The van der Waals surface area contributed by atoms with Crippen LogP contribution in [0.5, 0.6) is 0 Å². The van der Waals surface area contributed by atoms with Crippen LogP contribution < -0.4 is 0 Å². The minimum atomic E-state index is -3.69. The Morgan fingerprint density at radius 2 is 1.81 bits per heavy atom. The molecule has 0 unspecified atom stereocenters. The maximum absolute atomic E-state index is 13.3. The first-order valence-corrected chi connectivity index (χ1v) is 9.45. The number of halogens is 1. The molecule has 0 saturated carbocycles. The van der Waals surface area contributed by atoms with Gasteiger partial charge in [0.25, 0.3) is 0 Å². The molecule has 0 saturated heterocycles. The summed E-state index contributed by atoms with van der Waals surface area (Å²) in [5, 5.41) is 0.841. The van der Waals surface area contributed by atoms with E-state index in [-0.39, 0.29) is 22.4 Å². The van der Waals surface area contributed by atoms with Gasteiger partial charge >= 0.3 is 0 Å². The molecule has 130 valence electrons. The van der Waals surface area contributed by atoms with Crippen molar-refractivity contribution in [3.05, 3.63) is 78.4 Å². The van der Waals surface area contributed by atoms with Gasteiger partial charge in [-0.05, 0) is 36.4 Å². The molecule has 0 amide bonds. The third kappa shape index (κ3) is 3.21. The number of rotatable bonds is 4. The number of sulfone groups is 1. The molecule has 2 heterocycles. The van der Waals surface area contributed by atoms with Gasteiger partial charge < -0.3 is 4.42 Å². The summed E-state index contributed by atoms with van der Waals surface area (Å²) in [6.45, 7) is 0. The Hall–Kier alpha value is -3.06. The minimum absolute atomic E-state index is 0.0218. The Morgan fingerprint density at radius 3 is 2.65 bits per heavy atom. The molecule has 0 N–H and O–H groups in total. The Labute approximate surface area is 149 Å². The molecule has 0 aliphatic rings. The number of pyridine rings is 1. The van der Waals surface area contributed by atoms with Gasteiger partial charge in [0, 0.05) is 10.9 Å². The van der Waals surface area contributed by atoms with E-state index < -0.39 is 15.7 Å². The zero-order chi connectivity index (χ0) is 18.1. The van der Waals surface area contributed by atoms with Crippen LogP contribution in [0.25, 0.3) is 22.4 Å². The Morgan fingerprint density at radius 1 is 0.962 bits per heavy atom. The van der Waals surface area contributed by atoms with Gasteiger partial charge in [-0.25, -0.2) is 22.8 Å². The molecular formula is C19H13FN2O3S. The quantitative estimate of drug-likeness (QED) is 0.544. The van der Waals surface area contributed by atoms with Gasteiger partial charge in [-0.15, -0.1) is 0 Å². The van der Waals surface area contributed by atoms with Crippen LogP contribution in [0, 0.1) is 5.82 Å². The third-order valence-corrected chi connectivity index (χ3v) is 5.39. The second-order valence-electron chi connectivity index (χ2n) is 5.76. The minimum Gasteiger partial charge on any atom is -0.444 e. The summed E-state index contributed by atoms with van der Waals surface area (Å²) in [5.74, 6) is -0.603. The average molecular weight is 368 g/mol. The van der Waals surface area contributed by atoms with E-state index in [4.69, 9.17) is 4.42 Å². The molecule has 0 bridgehead atoms. The molecular weight excluding hydrogens is 355 g/mol. The monoisotopic (exact) mass is 368 g/mol. The van der Waals surface area contributed by atoms with Crippen molar-refractivity contribution in [2.45, 2.75) is 10.8 Å². The number of oxazole rings is 1. The maximum Gasteiger partial charge on any atom is 0.226 e. The van der Waals surface area contributed by atoms with Crippen molar-refractivity contribution in [2.24, 2.45) is 0 Å². The van der Waals surface area contributed by atoms with E-state index in [0.717, 1.165) is 5.39 Å². The van der Waals surface area contributed by atoms with Crippen molar-refractivity contribution >= 4 is 20.7 Å². The van der Waals surface area contributed by atoms with Crippen molar-refractivity contribution < 1.29 is 17.2 Å². The normalized spacial score (nSPS) is 11.7. The molecule has 0 radical (unpaired) electrons. The highest BCUT2D eigenvalue weighted by Gasteiger charge is 2.20. The molecule has 7 heteroatoms. The molecule has 26 heavy (non-hydrogen) atoms. The van der Waals surface area contributed by atoms with Gasteiger partial charge in [0.05, 0.1) is 11.2 Å².